The SMILES string of the molecule is CC(C)C1CCC(Nc2c(F)cc(F)cc2Br)CC1. The van der Waals surface area contributed by atoms with E-state index in [1.54, 1.807) is 0 Å². The highest BCUT2D eigenvalue weighted by atomic mass is 79.9. The van der Waals surface area contributed by atoms with E-state index in [9.17, 15) is 8.78 Å². The highest BCUT2D eigenvalue weighted by Gasteiger charge is 2.24. The number of nitrogens with one attached hydrogen (secondary N) is 1. The van der Waals surface area contributed by atoms with E-state index in [1.807, 2.05) is 0 Å². The van der Waals surface area contributed by atoms with E-state index in [0.717, 1.165) is 30.7 Å². The first kappa shape index (κ1) is 14.8. The zero-order valence-electron chi connectivity index (χ0n) is 11.3. The smallest absolute Gasteiger partial charge is 0.150 e. The molecule has 4 heteroatoms. The Hall–Kier alpha value is -0.640. The summed E-state index contributed by atoms with van der Waals surface area (Å²) in [6.07, 6.45) is 4.45. The van der Waals surface area contributed by atoms with Crippen molar-refractivity contribution in [2.24, 2.45) is 11.8 Å². The summed E-state index contributed by atoms with van der Waals surface area (Å²) in [7, 11) is 0. The summed E-state index contributed by atoms with van der Waals surface area (Å²) in [5.74, 6) is 0.408. The van der Waals surface area contributed by atoms with Crippen LogP contribution in [0.1, 0.15) is 39.5 Å². The van der Waals surface area contributed by atoms with Gasteiger partial charge in [0, 0.05) is 16.6 Å². The van der Waals surface area contributed by atoms with Crippen LogP contribution in [-0.2, 0) is 0 Å². The molecule has 1 saturated carbocycles. The summed E-state index contributed by atoms with van der Waals surface area (Å²) < 4.78 is 27.2. The van der Waals surface area contributed by atoms with Crippen molar-refractivity contribution >= 4 is 21.6 Å². The molecule has 0 amide bonds. The molecule has 19 heavy (non-hydrogen) atoms. The van der Waals surface area contributed by atoms with Crippen molar-refractivity contribution in [3.05, 3.63) is 28.2 Å². The predicted molar refractivity (Wildman–Crippen MR) is 78.3 cm³/mol. The van der Waals surface area contributed by atoms with Crippen molar-refractivity contribution in [2.45, 2.75) is 45.6 Å². The summed E-state index contributed by atoms with van der Waals surface area (Å²) in [5.41, 5.74) is 0.384. The molecule has 0 atom stereocenters. The van der Waals surface area contributed by atoms with Gasteiger partial charge in [0.25, 0.3) is 0 Å². The summed E-state index contributed by atoms with van der Waals surface area (Å²) in [6, 6.07) is 2.50. The van der Waals surface area contributed by atoms with E-state index < -0.39 is 11.6 Å². The molecule has 1 aliphatic carbocycles. The average molecular weight is 332 g/mol. The maximum absolute atomic E-state index is 13.7. The largest absolute Gasteiger partial charge is 0.379 e. The van der Waals surface area contributed by atoms with Crippen molar-refractivity contribution in [1.82, 2.24) is 0 Å². The van der Waals surface area contributed by atoms with Gasteiger partial charge in [-0.1, -0.05) is 13.8 Å². The highest BCUT2D eigenvalue weighted by molar-refractivity contribution is 9.10. The molecule has 0 saturated heterocycles. The third-order valence-corrected chi connectivity index (χ3v) is 4.70. The number of hydrogen-bond donors (Lipinski definition) is 1. The lowest BCUT2D eigenvalue weighted by molar-refractivity contribution is 0.266. The molecular formula is C15H20BrF2N. The number of hydrogen-bond acceptors (Lipinski definition) is 1. The van der Waals surface area contributed by atoms with Gasteiger partial charge < -0.3 is 5.32 Å². The van der Waals surface area contributed by atoms with Crippen molar-refractivity contribution in [1.29, 1.82) is 0 Å². The van der Waals surface area contributed by atoms with E-state index >= 15 is 0 Å². The van der Waals surface area contributed by atoms with Crippen LogP contribution >= 0.6 is 15.9 Å². The van der Waals surface area contributed by atoms with Crippen LogP contribution in [-0.4, -0.2) is 6.04 Å². The maximum Gasteiger partial charge on any atom is 0.150 e. The fourth-order valence-electron chi connectivity index (χ4n) is 2.81. The molecule has 1 aromatic carbocycles. The molecule has 2 rings (SSSR count). The van der Waals surface area contributed by atoms with Gasteiger partial charge in [0.1, 0.15) is 11.6 Å². The Morgan fingerprint density at radius 1 is 1.16 bits per heavy atom. The van der Waals surface area contributed by atoms with Crippen LogP contribution < -0.4 is 5.32 Å². The van der Waals surface area contributed by atoms with Gasteiger partial charge in [-0.15, -0.1) is 0 Å². The fraction of sp³-hybridized carbons (Fsp3) is 0.600. The summed E-state index contributed by atoms with van der Waals surface area (Å²) in [6.45, 7) is 4.52. The number of benzene rings is 1. The van der Waals surface area contributed by atoms with Crippen molar-refractivity contribution in [3.8, 4) is 0 Å². The quantitative estimate of drug-likeness (QED) is 0.786. The fourth-order valence-corrected chi connectivity index (χ4v) is 3.34. The Morgan fingerprint density at radius 3 is 2.32 bits per heavy atom. The second-order valence-corrected chi connectivity index (χ2v) is 6.60. The molecule has 0 bridgehead atoms. The first-order chi connectivity index (χ1) is 8.97. The standard InChI is InChI=1S/C15H20BrF2N/c1-9(2)10-3-5-12(6-4-10)19-15-13(16)7-11(17)8-14(15)18/h7-10,12,19H,3-6H2,1-2H3. The second-order valence-electron chi connectivity index (χ2n) is 5.74. The lowest BCUT2D eigenvalue weighted by atomic mass is 9.79. The van der Waals surface area contributed by atoms with Crippen molar-refractivity contribution in [2.75, 3.05) is 5.32 Å². The number of halogens is 3. The Bertz CT molecular complexity index is 417. The zero-order valence-corrected chi connectivity index (χ0v) is 12.9. The Kier molecular flexibility index (Phi) is 4.82. The minimum absolute atomic E-state index is 0.284. The van der Waals surface area contributed by atoms with Gasteiger partial charge in [0.05, 0.1) is 5.69 Å². The van der Waals surface area contributed by atoms with Crippen LogP contribution in [0.15, 0.2) is 16.6 Å². The molecule has 1 fully saturated rings. The van der Waals surface area contributed by atoms with Crippen LogP contribution in [0.3, 0.4) is 0 Å². The minimum atomic E-state index is -0.557. The highest BCUT2D eigenvalue weighted by Crippen LogP contribution is 2.34. The number of rotatable bonds is 3. The normalized spacial score (nSPS) is 23.7. The third kappa shape index (κ3) is 3.68. The molecule has 0 aromatic heterocycles. The molecule has 1 aromatic rings. The van der Waals surface area contributed by atoms with Crippen LogP contribution in [0, 0.1) is 23.5 Å². The van der Waals surface area contributed by atoms with E-state index in [-0.39, 0.29) is 6.04 Å². The Morgan fingerprint density at radius 2 is 1.79 bits per heavy atom. The van der Waals surface area contributed by atoms with Gasteiger partial charge >= 0.3 is 0 Å². The van der Waals surface area contributed by atoms with Crippen LogP contribution in [0.25, 0.3) is 0 Å². The molecule has 0 heterocycles. The van der Waals surface area contributed by atoms with Gasteiger partial charge in [0.2, 0.25) is 0 Å². The minimum Gasteiger partial charge on any atom is -0.379 e. The third-order valence-electron chi connectivity index (χ3n) is 4.07. The van der Waals surface area contributed by atoms with E-state index in [0.29, 0.717) is 10.2 Å². The van der Waals surface area contributed by atoms with Gasteiger partial charge in [-0.25, -0.2) is 8.78 Å². The van der Waals surface area contributed by atoms with E-state index in [1.165, 1.54) is 18.9 Å². The van der Waals surface area contributed by atoms with Crippen LogP contribution in [0.2, 0.25) is 0 Å². The second kappa shape index (κ2) is 6.21. The van der Waals surface area contributed by atoms with Gasteiger partial charge in [-0.2, -0.15) is 0 Å². The number of anilines is 1. The zero-order chi connectivity index (χ0) is 14.0. The van der Waals surface area contributed by atoms with Crippen molar-refractivity contribution < 1.29 is 8.78 Å². The topological polar surface area (TPSA) is 12.0 Å². The molecule has 0 radical (unpaired) electrons. The summed E-state index contributed by atoms with van der Waals surface area (Å²) in [5, 5.41) is 3.22. The summed E-state index contributed by atoms with van der Waals surface area (Å²) in [4.78, 5) is 0. The predicted octanol–water partition coefficient (Wildman–Crippen LogP) is 5.35. The van der Waals surface area contributed by atoms with Gasteiger partial charge in [-0.3, -0.25) is 0 Å². The van der Waals surface area contributed by atoms with E-state index in [2.05, 4.69) is 35.1 Å². The monoisotopic (exact) mass is 331 g/mol. The molecule has 1 aliphatic rings. The Balaban J connectivity index is 2.00. The average Bonchev–Trinajstić information content (AvgIpc) is 2.34. The molecule has 1 N–H and O–H groups in total. The van der Waals surface area contributed by atoms with Crippen LogP contribution in [0.5, 0.6) is 0 Å². The molecule has 0 aliphatic heterocycles. The molecule has 0 spiro atoms. The van der Waals surface area contributed by atoms with Crippen LogP contribution in [0.4, 0.5) is 14.5 Å². The molecular weight excluding hydrogens is 312 g/mol. The van der Waals surface area contributed by atoms with Crippen molar-refractivity contribution in [3.63, 3.8) is 0 Å². The Labute approximate surface area is 121 Å². The first-order valence-corrected chi connectivity index (χ1v) is 7.67. The van der Waals surface area contributed by atoms with Gasteiger partial charge in [-0.05, 0) is 59.5 Å². The molecule has 0 unspecified atom stereocenters. The summed E-state index contributed by atoms with van der Waals surface area (Å²) >= 11 is 3.22. The van der Waals surface area contributed by atoms with Gasteiger partial charge in [0.15, 0.2) is 0 Å². The van der Waals surface area contributed by atoms with E-state index in [4.69, 9.17) is 0 Å². The molecule has 1 nitrogen and oxygen atoms in total. The maximum atomic E-state index is 13.7. The lowest BCUT2D eigenvalue weighted by Crippen LogP contribution is -2.28. The first-order valence-electron chi connectivity index (χ1n) is 6.88. The lowest BCUT2D eigenvalue weighted by Gasteiger charge is -2.32. The molecule has 106 valence electrons.